The van der Waals surface area contributed by atoms with Crippen LogP contribution in [0.25, 0.3) is 5.69 Å². The molecule has 6 nitrogen and oxygen atoms in total. The zero-order valence-electron chi connectivity index (χ0n) is 11.9. The molecule has 108 valence electrons. The molecule has 0 saturated carbocycles. The van der Waals surface area contributed by atoms with Crippen molar-refractivity contribution in [3.05, 3.63) is 60.4 Å². The minimum Gasteiger partial charge on any atom is -0.302 e. The summed E-state index contributed by atoms with van der Waals surface area (Å²) < 4.78 is 1.93. The molecule has 0 bridgehead atoms. The molecule has 0 fully saturated rings. The Balaban J connectivity index is 1.99. The summed E-state index contributed by atoms with van der Waals surface area (Å²) in [4.78, 5) is 4.29. The lowest BCUT2D eigenvalue weighted by atomic mass is 10.1. The lowest BCUT2D eigenvalue weighted by Gasteiger charge is -2.17. The van der Waals surface area contributed by atoms with Crippen LogP contribution in [0.15, 0.2) is 48.9 Å². The number of para-hydroxylation sites is 1. The number of hydrogen-bond acceptors (Lipinski definition) is 4. The van der Waals surface area contributed by atoms with Crippen molar-refractivity contribution < 1.29 is 0 Å². The maximum atomic E-state index is 4.44. The molecule has 6 heteroatoms. The van der Waals surface area contributed by atoms with E-state index in [9.17, 15) is 0 Å². The topological polar surface area (TPSA) is 71.4 Å². The third-order valence-corrected chi connectivity index (χ3v) is 3.27. The number of nitrogens with one attached hydrogen (secondary N) is 2. The SMILES string of the molecule is CCCNC(c1ncn[nH]1)c1ccnn1-c1ccccc1. The van der Waals surface area contributed by atoms with Crippen LogP contribution in [0.2, 0.25) is 0 Å². The summed E-state index contributed by atoms with van der Waals surface area (Å²) >= 11 is 0. The monoisotopic (exact) mass is 282 g/mol. The summed E-state index contributed by atoms with van der Waals surface area (Å²) in [6.45, 7) is 3.03. The number of nitrogens with zero attached hydrogens (tertiary/aromatic N) is 4. The molecule has 0 aliphatic carbocycles. The molecule has 2 heterocycles. The van der Waals surface area contributed by atoms with E-state index < -0.39 is 0 Å². The molecule has 0 aliphatic rings. The van der Waals surface area contributed by atoms with Gasteiger partial charge in [0, 0.05) is 6.20 Å². The number of hydrogen-bond donors (Lipinski definition) is 2. The molecule has 0 saturated heterocycles. The van der Waals surface area contributed by atoms with Crippen molar-refractivity contribution in [1.29, 1.82) is 0 Å². The first-order valence-corrected chi connectivity index (χ1v) is 7.08. The van der Waals surface area contributed by atoms with Gasteiger partial charge in [-0.3, -0.25) is 5.10 Å². The van der Waals surface area contributed by atoms with Crippen molar-refractivity contribution in [2.45, 2.75) is 19.4 Å². The van der Waals surface area contributed by atoms with Crippen LogP contribution in [-0.2, 0) is 0 Å². The van der Waals surface area contributed by atoms with Crippen LogP contribution in [0.4, 0.5) is 0 Å². The van der Waals surface area contributed by atoms with Gasteiger partial charge in [0.15, 0.2) is 0 Å². The molecule has 0 spiro atoms. The smallest absolute Gasteiger partial charge is 0.147 e. The van der Waals surface area contributed by atoms with Gasteiger partial charge >= 0.3 is 0 Å². The third-order valence-electron chi connectivity index (χ3n) is 3.27. The fourth-order valence-corrected chi connectivity index (χ4v) is 2.30. The first-order valence-electron chi connectivity index (χ1n) is 7.08. The summed E-state index contributed by atoms with van der Waals surface area (Å²) in [6.07, 6.45) is 4.38. The second-order valence-corrected chi connectivity index (χ2v) is 4.76. The highest BCUT2D eigenvalue weighted by Crippen LogP contribution is 2.21. The number of rotatable bonds is 6. The van der Waals surface area contributed by atoms with Crippen molar-refractivity contribution in [2.75, 3.05) is 6.54 Å². The Hall–Kier alpha value is -2.47. The molecule has 1 atom stereocenters. The second kappa shape index (κ2) is 6.32. The van der Waals surface area contributed by atoms with E-state index in [-0.39, 0.29) is 6.04 Å². The number of aromatic nitrogens is 5. The standard InChI is InChI=1S/C15H18N6/c1-2-9-16-14(15-17-11-18-20-15)13-8-10-19-21(13)12-6-4-3-5-7-12/h3-8,10-11,14,16H,2,9H2,1H3,(H,17,18,20). The highest BCUT2D eigenvalue weighted by atomic mass is 15.3. The van der Waals surface area contributed by atoms with Crippen molar-refractivity contribution in [1.82, 2.24) is 30.3 Å². The van der Waals surface area contributed by atoms with Crippen LogP contribution in [-0.4, -0.2) is 31.5 Å². The number of H-pyrrole nitrogens is 1. The average molecular weight is 282 g/mol. The van der Waals surface area contributed by atoms with Gasteiger partial charge in [-0.15, -0.1) is 0 Å². The minimum atomic E-state index is -0.0600. The molecular weight excluding hydrogens is 264 g/mol. The molecule has 1 aromatic carbocycles. The summed E-state index contributed by atoms with van der Waals surface area (Å²) in [7, 11) is 0. The van der Waals surface area contributed by atoms with E-state index >= 15 is 0 Å². The van der Waals surface area contributed by atoms with E-state index in [1.165, 1.54) is 6.33 Å². The summed E-state index contributed by atoms with van der Waals surface area (Å²) in [5.41, 5.74) is 2.06. The van der Waals surface area contributed by atoms with Gasteiger partial charge < -0.3 is 5.32 Å². The Bertz CT molecular complexity index is 659. The van der Waals surface area contributed by atoms with E-state index in [4.69, 9.17) is 0 Å². The van der Waals surface area contributed by atoms with Crippen LogP contribution in [0.3, 0.4) is 0 Å². The third kappa shape index (κ3) is 2.85. The van der Waals surface area contributed by atoms with Gasteiger partial charge in [-0.2, -0.15) is 10.2 Å². The summed E-state index contributed by atoms with van der Waals surface area (Å²) in [5, 5.41) is 14.8. The molecule has 2 N–H and O–H groups in total. The lowest BCUT2D eigenvalue weighted by Crippen LogP contribution is -2.26. The average Bonchev–Trinajstić information content (AvgIpc) is 3.20. The van der Waals surface area contributed by atoms with E-state index in [0.29, 0.717) is 0 Å². The van der Waals surface area contributed by atoms with Gasteiger partial charge in [-0.05, 0) is 31.2 Å². The number of benzene rings is 1. The molecule has 0 aliphatic heterocycles. The Kier molecular flexibility index (Phi) is 4.07. The first kappa shape index (κ1) is 13.5. The molecule has 3 rings (SSSR count). The maximum absolute atomic E-state index is 4.44. The molecule has 0 radical (unpaired) electrons. The van der Waals surface area contributed by atoms with Crippen molar-refractivity contribution in [2.24, 2.45) is 0 Å². The van der Waals surface area contributed by atoms with Crippen molar-refractivity contribution in [3.8, 4) is 5.69 Å². The maximum Gasteiger partial charge on any atom is 0.147 e. The van der Waals surface area contributed by atoms with E-state index in [1.807, 2.05) is 41.1 Å². The Morgan fingerprint density at radius 1 is 1.24 bits per heavy atom. The Morgan fingerprint density at radius 2 is 2.10 bits per heavy atom. The molecular formula is C15H18N6. The van der Waals surface area contributed by atoms with E-state index in [2.05, 4.69) is 32.5 Å². The highest BCUT2D eigenvalue weighted by Gasteiger charge is 2.20. The van der Waals surface area contributed by atoms with Crippen LogP contribution < -0.4 is 5.32 Å². The normalized spacial score (nSPS) is 12.4. The largest absolute Gasteiger partial charge is 0.302 e. The van der Waals surface area contributed by atoms with Gasteiger partial charge in [0.1, 0.15) is 18.2 Å². The first-order chi connectivity index (χ1) is 10.4. The highest BCUT2D eigenvalue weighted by molar-refractivity contribution is 5.34. The quantitative estimate of drug-likeness (QED) is 0.726. The fraction of sp³-hybridized carbons (Fsp3) is 0.267. The number of aromatic amines is 1. The fourth-order valence-electron chi connectivity index (χ4n) is 2.30. The van der Waals surface area contributed by atoms with Crippen molar-refractivity contribution in [3.63, 3.8) is 0 Å². The van der Waals surface area contributed by atoms with E-state index in [1.54, 1.807) is 6.20 Å². The molecule has 1 unspecified atom stereocenters. The summed E-state index contributed by atoms with van der Waals surface area (Å²) in [6, 6.07) is 12.0. The van der Waals surface area contributed by atoms with E-state index in [0.717, 1.165) is 30.2 Å². The Morgan fingerprint density at radius 3 is 2.81 bits per heavy atom. The zero-order chi connectivity index (χ0) is 14.5. The second-order valence-electron chi connectivity index (χ2n) is 4.76. The van der Waals surface area contributed by atoms with Crippen LogP contribution in [0.1, 0.15) is 30.9 Å². The van der Waals surface area contributed by atoms with Crippen LogP contribution >= 0.6 is 0 Å². The van der Waals surface area contributed by atoms with Crippen molar-refractivity contribution >= 4 is 0 Å². The molecule has 3 aromatic rings. The predicted molar refractivity (Wildman–Crippen MR) is 80.1 cm³/mol. The minimum absolute atomic E-state index is 0.0600. The van der Waals surface area contributed by atoms with Gasteiger partial charge in [-0.1, -0.05) is 25.1 Å². The van der Waals surface area contributed by atoms with Gasteiger partial charge in [-0.25, -0.2) is 9.67 Å². The molecule has 2 aromatic heterocycles. The summed E-state index contributed by atoms with van der Waals surface area (Å²) in [5.74, 6) is 0.793. The molecule has 0 amide bonds. The van der Waals surface area contributed by atoms with Gasteiger partial charge in [0.25, 0.3) is 0 Å². The zero-order valence-corrected chi connectivity index (χ0v) is 11.9. The van der Waals surface area contributed by atoms with Gasteiger partial charge in [0.05, 0.1) is 11.4 Å². The van der Waals surface area contributed by atoms with Crippen LogP contribution in [0.5, 0.6) is 0 Å². The van der Waals surface area contributed by atoms with Gasteiger partial charge in [0.2, 0.25) is 0 Å². The van der Waals surface area contributed by atoms with Crippen LogP contribution in [0, 0.1) is 0 Å². The molecule has 21 heavy (non-hydrogen) atoms. The predicted octanol–water partition coefficient (Wildman–Crippen LogP) is 2.08. The lowest BCUT2D eigenvalue weighted by molar-refractivity contribution is 0.547. The Labute approximate surface area is 123 Å².